The van der Waals surface area contributed by atoms with Crippen molar-refractivity contribution in [1.82, 2.24) is 9.97 Å². The molecule has 0 aliphatic heterocycles. The largest absolute Gasteiger partial charge is 0.386 e. The van der Waals surface area contributed by atoms with Gasteiger partial charge in [0, 0.05) is 12.8 Å². The van der Waals surface area contributed by atoms with Crippen LogP contribution in [0, 0.1) is 0 Å². The number of rotatable bonds is 5. The molecule has 2 rings (SSSR count). The zero-order valence-corrected chi connectivity index (χ0v) is 11.1. The van der Waals surface area contributed by atoms with E-state index in [4.69, 9.17) is 16.3 Å². The van der Waals surface area contributed by atoms with Crippen molar-refractivity contribution in [2.24, 2.45) is 0 Å². The monoisotopic (exact) mass is 279 g/mol. The number of nitrogens with one attached hydrogen (secondary N) is 1. The number of aliphatic hydroxyl groups excluding tert-OH is 1. The number of hydrogen-bond acceptors (Lipinski definition) is 5. The number of benzene rings is 1. The van der Waals surface area contributed by atoms with Gasteiger partial charge in [0.15, 0.2) is 0 Å². The maximum Gasteiger partial charge on any atom is 0.227 e. The summed E-state index contributed by atoms with van der Waals surface area (Å²) < 4.78 is 4.92. The summed E-state index contributed by atoms with van der Waals surface area (Å²) in [5.41, 5.74) is 1.55. The van der Waals surface area contributed by atoms with E-state index in [0.29, 0.717) is 11.0 Å². The Hall–Kier alpha value is -1.69. The lowest BCUT2D eigenvalue weighted by Crippen LogP contribution is -2.05. The maximum absolute atomic E-state index is 9.85. The van der Waals surface area contributed by atoms with Gasteiger partial charge in [0.25, 0.3) is 0 Å². The molecule has 5 nitrogen and oxygen atoms in total. The Kier molecular flexibility index (Phi) is 4.68. The van der Waals surface area contributed by atoms with Gasteiger partial charge in [-0.25, -0.2) is 9.97 Å². The summed E-state index contributed by atoms with van der Waals surface area (Å²) in [6, 6.07) is 7.35. The Bertz CT molecular complexity index is 534. The minimum atomic E-state index is -0.655. The van der Waals surface area contributed by atoms with E-state index in [0.717, 1.165) is 11.3 Å². The van der Waals surface area contributed by atoms with Gasteiger partial charge in [-0.2, -0.15) is 0 Å². The number of hydrogen-bond donors (Lipinski definition) is 2. The summed E-state index contributed by atoms with van der Waals surface area (Å²) in [5, 5.41) is 13.4. The molecule has 0 aliphatic carbocycles. The second-order valence-electron chi connectivity index (χ2n) is 3.95. The van der Waals surface area contributed by atoms with Crippen LogP contribution in [0.1, 0.15) is 11.7 Å². The zero-order chi connectivity index (χ0) is 13.7. The predicted molar refractivity (Wildman–Crippen MR) is 73.6 cm³/mol. The van der Waals surface area contributed by atoms with Crippen molar-refractivity contribution in [3.8, 4) is 0 Å². The molecule has 0 bridgehead atoms. The molecule has 0 saturated heterocycles. The number of anilines is 2. The predicted octanol–water partition coefficient (Wildman–Crippen LogP) is 2.55. The number of halogens is 1. The topological polar surface area (TPSA) is 67.3 Å². The molecule has 6 heteroatoms. The van der Waals surface area contributed by atoms with Crippen LogP contribution in [0.4, 0.5) is 11.6 Å². The quantitative estimate of drug-likeness (QED) is 0.880. The van der Waals surface area contributed by atoms with Gasteiger partial charge in [-0.1, -0.05) is 23.7 Å². The van der Waals surface area contributed by atoms with Crippen molar-refractivity contribution in [3.63, 3.8) is 0 Å². The SMILES string of the molecule is COCC(O)c1cccc(Nc2ncc(Cl)cn2)c1. The Morgan fingerprint density at radius 2 is 2.11 bits per heavy atom. The molecule has 0 aliphatic rings. The first kappa shape index (κ1) is 13.7. The van der Waals surface area contributed by atoms with Crippen LogP contribution in [0.25, 0.3) is 0 Å². The van der Waals surface area contributed by atoms with Gasteiger partial charge in [-0.15, -0.1) is 0 Å². The molecule has 0 spiro atoms. The number of nitrogens with zero attached hydrogens (tertiary/aromatic N) is 2. The third kappa shape index (κ3) is 3.89. The van der Waals surface area contributed by atoms with E-state index < -0.39 is 6.10 Å². The fourth-order valence-electron chi connectivity index (χ4n) is 1.58. The highest BCUT2D eigenvalue weighted by Crippen LogP contribution is 2.20. The third-order valence-electron chi connectivity index (χ3n) is 2.47. The molecule has 100 valence electrons. The average Bonchev–Trinajstić information content (AvgIpc) is 2.42. The van der Waals surface area contributed by atoms with Crippen LogP contribution in [0.5, 0.6) is 0 Å². The van der Waals surface area contributed by atoms with Crippen molar-refractivity contribution in [2.45, 2.75) is 6.10 Å². The third-order valence-corrected chi connectivity index (χ3v) is 2.67. The van der Waals surface area contributed by atoms with Crippen LogP contribution in [-0.4, -0.2) is 28.8 Å². The summed E-state index contributed by atoms with van der Waals surface area (Å²) >= 11 is 5.72. The minimum absolute atomic E-state index is 0.251. The number of aliphatic hydroxyl groups is 1. The van der Waals surface area contributed by atoms with Crippen LogP contribution < -0.4 is 5.32 Å². The maximum atomic E-state index is 9.85. The van der Waals surface area contributed by atoms with E-state index in [2.05, 4.69) is 15.3 Å². The highest BCUT2D eigenvalue weighted by atomic mass is 35.5. The standard InChI is InChI=1S/C13H14ClN3O2/c1-19-8-12(18)9-3-2-4-11(5-9)17-13-15-6-10(14)7-16-13/h2-7,12,18H,8H2,1H3,(H,15,16,17). The van der Waals surface area contributed by atoms with E-state index in [1.54, 1.807) is 7.11 Å². The van der Waals surface area contributed by atoms with Crippen LogP contribution in [0.3, 0.4) is 0 Å². The fourth-order valence-corrected chi connectivity index (χ4v) is 1.68. The Labute approximate surface area is 116 Å². The Morgan fingerprint density at radius 3 is 2.79 bits per heavy atom. The fraction of sp³-hybridized carbons (Fsp3) is 0.231. The zero-order valence-electron chi connectivity index (χ0n) is 10.4. The van der Waals surface area contributed by atoms with Gasteiger partial charge in [-0.05, 0) is 17.7 Å². The highest BCUT2D eigenvalue weighted by molar-refractivity contribution is 6.30. The van der Waals surface area contributed by atoms with Gasteiger partial charge in [-0.3, -0.25) is 0 Å². The Morgan fingerprint density at radius 1 is 1.37 bits per heavy atom. The van der Waals surface area contributed by atoms with Gasteiger partial charge >= 0.3 is 0 Å². The van der Waals surface area contributed by atoms with Crippen LogP contribution in [-0.2, 0) is 4.74 Å². The molecule has 2 N–H and O–H groups in total. The normalized spacial score (nSPS) is 12.2. The van der Waals surface area contributed by atoms with Crippen molar-refractivity contribution in [1.29, 1.82) is 0 Å². The van der Waals surface area contributed by atoms with Gasteiger partial charge in [0.2, 0.25) is 5.95 Å². The van der Waals surface area contributed by atoms with E-state index in [9.17, 15) is 5.11 Å². The molecule has 1 atom stereocenters. The van der Waals surface area contributed by atoms with Crippen LogP contribution in [0.2, 0.25) is 5.02 Å². The van der Waals surface area contributed by atoms with E-state index >= 15 is 0 Å². The smallest absolute Gasteiger partial charge is 0.227 e. The molecule has 1 aromatic heterocycles. The van der Waals surface area contributed by atoms with Gasteiger partial charge in [0.1, 0.15) is 6.10 Å². The summed E-state index contributed by atoms with van der Waals surface area (Å²) in [7, 11) is 1.55. The molecule has 19 heavy (non-hydrogen) atoms. The lowest BCUT2D eigenvalue weighted by atomic mass is 10.1. The average molecular weight is 280 g/mol. The lowest BCUT2D eigenvalue weighted by Gasteiger charge is -2.11. The molecule has 2 aromatic rings. The van der Waals surface area contributed by atoms with Gasteiger partial charge < -0.3 is 15.2 Å². The molecule has 1 unspecified atom stereocenters. The number of methoxy groups -OCH3 is 1. The molecule has 0 radical (unpaired) electrons. The lowest BCUT2D eigenvalue weighted by molar-refractivity contribution is 0.0644. The summed E-state index contributed by atoms with van der Waals surface area (Å²) in [4.78, 5) is 8.09. The summed E-state index contributed by atoms with van der Waals surface area (Å²) in [6.45, 7) is 0.251. The number of aromatic nitrogens is 2. The minimum Gasteiger partial charge on any atom is -0.386 e. The molecule has 0 fully saturated rings. The summed E-state index contributed by atoms with van der Waals surface area (Å²) in [5.74, 6) is 0.447. The van der Waals surface area contributed by atoms with E-state index in [-0.39, 0.29) is 6.61 Å². The molecule has 0 saturated carbocycles. The molecular formula is C13H14ClN3O2. The van der Waals surface area contributed by atoms with E-state index in [1.165, 1.54) is 12.4 Å². The van der Waals surface area contributed by atoms with Gasteiger partial charge in [0.05, 0.1) is 24.0 Å². The van der Waals surface area contributed by atoms with Crippen LogP contribution in [0.15, 0.2) is 36.7 Å². The summed E-state index contributed by atoms with van der Waals surface area (Å²) in [6.07, 6.45) is 2.37. The first-order valence-corrected chi connectivity index (χ1v) is 6.08. The van der Waals surface area contributed by atoms with Crippen LogP contribution >= 0.6 is 11.6 Å². The molecule has 1 heterocycles. The molecular weight excluding hydrogens is 266 g/mol. The Balaban J connectivity index is 2.12. The van der Waals surface area contributed by atoms with Crippen molar-refractivity contribution < 1.29 is 9.84 Å². The van der Waals surface area contributed by atoms with Crippen molar-refractivity contribution in [3.05, 3.63) is 47.2 Å². The second-order valence-corrected chi connectivity index (χ2v) is 4.38. The molecule has 1 aromatic carbocycles. The molecule has 0 amide bonds. The first-order valence-electron chi connectivity index (χ1n) is 5.70. The van der Waals surface area contributed by atoms with Crippen molar-refractivity contribution >= 4 is 23.2 Å². The van der Waals surface area contributed by atoms with E-state index in [1.807, 2.05) is 24.3 Å². The first-order chi connectivity index (χ1) is 9.19. The number of ether oxygens (including phenoxy) is 1. The second kappa shape index (κ2) is 6.47. The highest BCUT2D eigenvalue weighted by Gasteiger charge is 2.07. The van der Waals surface area contributed by atoms with Crippen molar-refractivity contribution in [2.75, 3.05) is 19.0 Å².